The summed E-state index contributed by atoms with van der Waals surface area (Å²) in [5.74, 6) is -0.946. The van der Waals surface area contributed by atoms with Crippen molar-refractivity contribution in [2.45, 2.75) is 26.2 Å². The molecule has 0 saturated heterocycles. The van der Waals surface area contributed by atoms with Crippen LogP contribution in [0, 0.1) is 11.6 Å². The summed E-state index contributed by atoms with van der Waals surface area (Å²) in [6, 6.07) is 3.68. The van der Waals surface area contributed by atoms with Gasteiger partial charge in [0, 0.05) is 23.1 Å². The Morgan fingerprint density at radius 2 is 1.76 bits per heavy atom. The zero-order chi connectivity index (χ0) is 12.8. The first-order valence-electron chi connectivity index (χ1n) is 5.35. The van der Waals surface area contributed by atoms with E-state index in [1.54, 1.807) is 6.07 Å². The fourth-order valence-electron chi connectivity index (χ4n) is 1.82. The highest BCUT2D eigenvalue weighted by Crippen LogP contribution is 2.30. The number of fused-ring (bicyclic) bond motifs is 1. The molecule has 0 aliphatic carbocycles. The highest BCUT2D eigenvalue weighted by molar-refractivity contribution is 5.82. The minimum absolute atomic E-state index is 0.230. The quantitative estimate of drug-likeness (QED) is 0.761. The molecule has 0 fully saturated rings. The van der Waals surface area contributed by atoms with Gasteiger partial charge in [-0.05, 0) is 11.5 Å². The van der Waals surface area contributed by atoms with Gasteiger partial charge >= 0.3 is 0 Å². The minimum atomic E-state index is -0.648. The van der Waals surface area contributed by atoms with Gasteiger partial charge in [-0.1, -0.05) is 20.8 Å². The standard InChI is InChI=1S/C13H14F2N2/c1-13(2,3)9-6-8-10(15)4-7(14)5-11(8)17-12(9)16/h4-6H,1-3H3,(H2,16,17). The molecule has 0 amide bonds. The smallest absolute Gasteiger partial charge is 0.135 e. The molecule has 2 aromatic rings. The number of benzene rings is 1. The molecule has 2 rings (SSSR count). The zero-order valence-electron chi connectivity index (χ0n) is 10.0. The molecule has 0 spiro atoms. The van der Waals surface area contributed by atoms with Crippen LogP contribution in [0.4, 0.5) is 14.6 Å². The number of rotatable bonds is 0. The lowest BCUT2D eigenvalue weighted by Gasteiger charge is -2.21. The van der Waals surface area contributed by atoms with E-state index in [0.29, 0.717) is 11.2 Å². The first-order chi connectivity index (χ1) is 7.79. The van der Waals surface area contributed by atoms with Gasteiger partial charge in [0.05, 0.1) is 5.52 Å². The van der Waals surface area contributed by atoms with Crippen molar-refractivity contribution in [2.75, 3.05) is 5.73 Å². The minimum Gasteiger partial charge on any atom is -0.383 e. The van der Waals surface area contributed by atoms with Crippen molar-refractivity contribution in [1.29, 1.82) is 0 Å². The maximum atomic E-state index is 13.6. The Labute approximate surface area is 98.5 Å². The summed E-state index contributed by atoms with van der Waals surface area (Å²) in [6.07, 6.45) is 0. The Morgan fingerprint density at radius 1 is 1.12 bits per heavy atom. The van der Waals surface area contributed by atoms with Crippen LogP contribution in [0.15, 0.2) is 18.2 Å². The van der Waals surface area contributed by atoms with Crippen LogP contribution in [0.25, 0.3) is 10.9 Å². The lowest BCUT2D eigenvalue weighted by molar-refractivity contribution is 0.584. The summed E-state index contributed by atoms with van der Waals surface area (Å²) in [5, 5.41) is 0.297. The fourth-order valence-corrected chi connectivity index (χ4v) is 1.82. The van der Waals surface area contributed by atoms with E-state index in [0.717, 1.165) is 11.6 Å². The number of pyridine rings is 1. The molecular weight excluding hydrogens is 222 g/mol. The van der Waals surface area contributed by atoms with E-state index in [1.807, 2.05) is 20.8 Å². The van der Waals surface area contributed by atoms with Crippen molar-refractivity contribution in [3.8, 4) is 0 Å². The Hall–Kier alpha value is -1.71. The highest BCUT2D eigenvalue weighted by atomic mass is 19.1. The lowest BCUT2D eigenvalue weighted by Crippen LogP contribution is -2.15. The number of nitrogens with zero attached hydrogens (tertiary/aromatic N) is 1. The second-order valence-electron chi connectivity index (χ2n) is 5.13. The second-order valence-corrected chi connectivity index (χ2v) is 5.13. The Kier molecular flexibility index (Phi) is 2.53. The molecule has 0 atom stereocenters. The molecule has 1 heterocycles. The molecule has 1 aromatic heterocycles. The van der Waals surface area contributed by atoms with E-state index < -0.39 is 11.6 Å². The molecule has 0 radical (unpaired) electrons. The van der Waals surface area contributed by atoms with Gasteiger partial charge in [0.15, 0.2) is 0 Å². The SMILES string of the molecule is CC(C)(C)c1cc2c(F)cc(F)cc2nc1N. The van der Waals surface area contributed by atoms with Gasteiger partial charge in [-0.15, -0.1) is 0 Å². The van der Waals surface area contributed by atoms with Gasteiger partial charge in [0.25, 0.3) is 0 Å². The third-order valence-electron chi connectivity index (χ3n) is 2.69. The maximum Gasteiger partial charge on any atom is 0.135 e. The summed E-state index contributed by atoms with van der Waals surface area (Å²) in [4.78, 5) is 4.06. The van der Waals surface area contributed by atoms with E-state index in [2.05, 4.69) is 4.98 Å². The van der Waals surface area contributed by atoms with Crippen LogP contribution in [-0.4, -0.2) is 4.98 Å². The second kappa shape index (κ2) is 3.65. The van der Waals surface area contributed by atoms with E-state index in [4.69, 9.17) is 5.73 Å². The van der Waals surface area contributed by atoms with Crippen molar-refractivity contribution in [3.05, 3.63) is 35.4 Å². The van der Waals surface area contributed by atoms with Gasteiger partial charge < -0.3 is 5.73 Å². The van der Waals surface area contributed by atoms with E-state index in [1.165, 1.54) is 6.07 Å². The van der Waals surface area contributed by atoms with Crippen LogP contribution in [0.5, 0.6) is 0 Å². The molecule has 2 nitrogen and oxygen atoms in total. The van der Waals surface area contributed by atoms with E-state index >= 15 is 0 Å². The van der Waals surface area contributed by atoms with Crippen molar-refractivity contribution >= 4 is 16.7 Å². The van der Waals surface area contributed by atoms with Crippen LogP contribution in [-0.2, 0) is 5.41 Å². The molecule has 0 aliphatic heterocycles. The third kappa shape index (κ3) is 2.07. The molecule has 0 bridgehead atoms. The molecule has 0 unspecified atom stereocenters. The summed E-state index contributed by atoms with van der Waals surface area (Å²) in [7, 11) is 0. The Bertz CT molecular complexity index is 586. The van der Waals surface area contributed by atoms with E-state index in [9.17, 15) is 8.78 Å². The number of hydrogen-bond donors (Lipinski definition) is 1. The topological polar surface area (TPSA) is 38.9 Å². The number of aromatic nitrogens is 1. The van der Waals surface area contributed by atoms with Crippen LogP contribution in [0.2, 0.25) is 0 Å². The molecule has 90 valence electrons. The first-order valence-corrected chi connectivity index (χ1v) is 5.35. The van der Waals surface area contributed by atoms with Gasteiger partial charge in [-0.2, -0.15) is 0 Å². The van der Waals surface area contributed by atoms with Gasteiger partial charge in [0.1, 0.15) is 17.5 Å². The molecule has 1 aromatic carbocycles. The molecule has 0 aliphatic rings. The first kappa shape index (κ1) is 11.8. The normalized spacial score (nSPS) is 12.1. The van der Waals surface area contributed by atoms with Crippen LogP contribution in [0.1, 0.15) is 26.3 Å². The van der Waals surface area contributed by atoms with Crippen molar-refractivity contribution in [2.24, 2.45) is 0 Å². The van der Waals surface area contributed by atoms with Gasteiger partial charge in [0.2, 0.25) is 0 Å². The number of nitrogen functional groups attached to an aromatic ring is 1. The molecular formula is C13H14F2N2. The fraction of sp³-hybridized carbons (Fsp3) is 0.308. The Morgan fingerprint density at radius 3 is 2.35 bits per heavy atom. The molecule has 0 saturated carbocycles. The van der Waals surface area contributed by atoms with Crippen molar-refractivity contribution < 1.29 is 8.78 Å². The van der Waals surface area contributed by atoms with Crippen LogP contribution < -0.4 is 5.73 Å². The number of anilines is 1. The average molecular weight is 236 g/mol. The van der Waals surface area contributed by atoms with Crippen molar-refractivity contribution in [1.82, 2.24) is 4.98 Å². The number of halogens is 2. The molecule has 17 heavy (non-hydrogen) atoms. The molecule has 2 N–H and O–H groups in total. The zero-order valence-corrected chi connectivity index (χ0v) is 10.0. The predicted molar refractivity (Wildman–Crippen MR) is 64.8 cm³/mol. The monoisotopic (exact) mass is 236 g/mol. The highest BCUT2D eigenvalue weighted by Gasteiger charge is 2.19. The maximum absolute atomic E-state index is 13.6. The lowest BCUT2D eigenvalue weighted by atomic mass is 9.86. The van der Waals surface area contributed by atoms with Gasteiger partial charge in [-0.25, -0.2) is 13.8 Å². The molecule has 4 heteroatoms. The van der Waals surface area contributed by atoms with Crippen LogP contribution >= 0.6 is 0 Å². The summed E-state index contributed by atoms with van der Waals surface area (Å²) in [6.45, 7) is 5.90. The van der Waals surface area contributed by atoms with Gasteiger partial charge in [-0.3, -0.25) is 0 Å². The van der Waals surface area contributed by atoms with E-state index in [-0.39, 0.29) is 10.9 Å². The average Bonchev–Trinajstić information content (AvgIpc) is 2.13. The summed E-state index contributed by atoms with van der Waals surface area (Å²) in [5.41, 5.74) is 6.59. The summed E-state index contributed by atoms with van der Waals surface area (Å²) >= 11 is 0. The summed E-state index contributed by atoms with van der Waals surface area (Å²) < 4.78 is 26.7. The third-order valence-corrected chi connectivity index (χ3v) is 2.69. The largest absolute Gasteiger partial charge is 0.383 e. The predicted octanol–water partition coefficient (Wildman–Crippen LogP) is 3.39. The number of nitrogens with two attached hydrogens (primary N) is 1. The number of hydrogen-bond acceptors (Lipinski definition) is 2. The van der Waals surface area contributed by atoms with Crippen molar-refractivity contribution in [3.63, 3.8) is 0 Å². The Balaban J connectivity index is 2.81. The van der Waals surface area contributed by atoms with Crippen LogP contribution in [0.3, 0.4) is 0 Å².